The maximum Gasteiger partial charge on any atom is 0.329 e. The number of fused-ring (bicyclic) bond motifs is 1. The molecule has 2 aromatic heterocycles. The minimum Gasteiger partial charge on any atom is -0.496 e. The molecular weight excluding hydrogens is 556 g/mol. The second-order valence-electron chi connectivity index (χ2n) is 10.1. The summed E-state index contributed by atoms with van der Waals surface area (Å²) in [4.78, 5) is 38.9. The topological polar surface area (TPSA) is 151 Å². The number of rotatable bonds is 11. The van der Waals surface area contributed by atoms with Gasteiger partial charge < -0.3 is 25.0 Å². The molecule has 12 nitrogen and oxygen atoms in total. The smallest absolute Gasteiger partial charge is 0.329 e. The molecule has 214 valence electrons. The molecule has 3 aromatic rings. The lowest BCUT2D eigenvalue weighted by Crippen LogP contribution is -2.49. The first-order valence-corrected chi connectivity index (χ1v) is 14.8. The van der Waals surface area contributed by atoms with Crippen LogP contribution in [-0.4, -0.2) is 81.9 Å². The van der Waals surface area contributed by atoms with Gasteiger partial charge in [0.15, 0.2) is 5.13 Å². The lowest BCUT2D eigenvalue weighted by atomic mass is 10.00. The van der Waals surface area contributed by atoms with Gasteiger partial charge in [-0.05, 0) is 54.3 Å². The average molecular weight is 589 g/mol. The highest BCUT2D eigenvalue weighted by Crippen LogP contribution is 2.36. The Hall–Kier alpha value is -3.49. The van der Waals surface area contributed by atoms with E-state index in [0.29, 0.717) is 39.8 Å². The Balaban J connectivity index is 1.45. The van der Waals surface area contributed by atoms with Crippen molar-refractivity contribution in [2.75, 3.05) is 49.3 Å². The number of esters is 1. The molecular formula is C26H32N6O6S2. The van der Waals surface area contributed by atoms with Gasteiger partial charge >= 0.3 is 5.97 Å². The molecule has 1 aliphatic carbocycles. The number of carbonyl (C=O) groups excluding carboxylic acids is 2. The Kier molecular flexibility index (Phi) is 8.10. The molecule has 1 amide bonds. The zero-order valence-electron chi connectivity index (χ0n) is 22.5. The van der Waals surface area contributed by atoms with Gasteiger partial charge in [-0.2, -0.15) is 0 Å². The van der Waals surface area contributed by atoms with Crippen LogP contribution < -0.4 is 19.7 Å². The zero-order chi connectivity index (χ0) is 28.6. The van der Waals surface area contributed by atoms with Crippen molar-refractivity contribution in [2.45, 2.75) is 37.8 Å². The normalized spacial score (nSPS) is 18.6. The fourth-order valence-electron chi connectivity index (χ4n) is 4.85. The van der Waals surface area contributed by atoms with Crippen molar-refractivity contribution in [3.8, 4) is 5.75 Å². The molecule has 3 atom stereocenters. The molecule has 14 heteroatoms. The number of carbonyl (C=O) groups is 2. The Labute approximate surface area is 238 Å². The summed E-state index contributed by atoms with van der Waals surface area (Å²) in [5.41, 5.74) is 6.75. The van der Waals surface area contributed by atoms with Crippen molar-refractivity contribution >= 4 is 61.2 Å². The Morgan fingerprint density at radius 2 is 2.08 bits per heavy atom. The summed E-state index contributed by atoms with van der Waals surface area (Å²) in [6.07, 6.45) is 5.50. The van der Waals surface area contributed by atoms with Crippen LogP contribution in [0.2, 0.25) is 0 Å². The molecule has 1 aromatic carbocycles. The molecule has 0 spiro atoms. The van der Waals surface area contributed by atoms with Gasteiger partial charge in [0.25, 0.3) is 11.3 Å². The van der Waals surface area contributed by atoms with Crippen LogP contribution in [0.4, 0.5) is 16.0 Å². The minimum atomic E-state index is -2.48. The number of methoxy groups -OCH3 is 1. The molecule has 40 heavy (non-hydrogen) atoms. The van der Waals surface area contributed by atoms with Gasteiger partial charge in [-0.25, -0.2) is 23.3 Å². The zero-order valence-corrected chi connectivity index (χ0v) is 24.1. The van der Waals surface area contributed by atoms with E-state index in [0.717, 1.165) is 27.9 Å². The van der Waals surface area contributed by atoms with Crippen molar-refractivity contribution in [1.82, 2.24) is 14.9 Å². The lowest BCUT2D eigenvalue weighted by Gasteiger charge is -2.29. The van der Waals surface area contributed by atoms with Crippen LogP contribution in [-0.2, 0) is 32.0 Å². The summed E-state index contributed by atoms with van der Waals surface area (Å²) in [5.74, 6) is 0.277. The molecule has 5 rings (SSSR count). The number of amides is 1. The number of nitrogen functional groups attached to an aromatic ring is 1. The monoisotopic (exact) mass is 588 g/mol. The van der Waals surface area contributed by atoms with Crippen molar-refractivity contribution in [3.63, 3.8) is 0 Å². The van der Waals surface area contributed by atoms with Crippen LogP contribution >= 0.6 is 11.3 Å². The molecule has 0 bridgehead atoms. The van der Waals surface area contributed by atoms with E-state index < -0.39 is 35.2 Å². The van der Waals surface area contributed by atoms with Crippen LogP contribution in [0, 0.1) is 5.92 Å². The first kappa shape index (κ1) is 28.1. The van der Waals surface area contributed by atoms with Gasteiger partial charge in [0.05, 0.1) is 19.9 Å². The molecule has 1 saturated carbocycles. The number of benzene rings is 1. The Bertz CT molecular complexity index is 1440. The maximum atomic E-state index is 13.8. The lowest BCUT2D eigenvalue weighted by molar-refractivity contribution is -0.154. The molecule has 3 heterocycles. The molecule has 2 fully saturated rings. The molecule has 2 aliphatic rings. The molecule has 3 N–H and O–H groups in total. The number of aromatic nitrogens is 2. The van der Waals surface area contributed by atoms with Crippen LogP contribution in [0.25, 0.3) is 10.8 Å². The Morgan fingerprint density at radius 3 is 2.73 bits per heavy atom. The summed E-state index contributed by atoms with van der Waals surface area (Å²) in [6, 6.07) is 3.58. The second kappa shape index (κ2) is 11.6. The number of pyridine rings is 1. The van der Waals surface area contributed by atoms with E-state index in [4.69, 9.17) is 15.2 Å². The summed E-state index contributed by atoms with van der Waals surface area (Å²) < 4.78 is 35.1. The fraction of sp³-hybridized carbons (Fsp3) is 0.462. The number of hydrogen-bond acceptors (Lipinski definition) is 10. The van der Waals surface area contributed by atoms with E-state index in [9.17, 15) is 18.4 Å². The van der Waals surface area contributed by atoms with Crippen LogP contribution in [0.3, 0.4) is 0 Å². The predicted octanol–water partition coefficient (Wildman–Crippen LogP) is 2.46. The van der Waals surface area contributed by atoms with E-state index in [1.165, 1.54) is 29.5 Å². The first-order chi connectivity index (χ1) is 19.2. The van der Waals surface area contributed by atoms with E-state index in [-0.39, 0.29) is 19.4 Å². The number of nitrogens with two attached hydrogens (primary N) is 1. The molecule has 1 unspecified atom stereocenters. The van der Waals surface area contributed by atoms with E-state index in [2.05, 4.69) is 9.97 Å². The second-order valence-corrected chi connectivity index (χ2v) is 12.0. The summed E-state index contributed by atoms with van der Waals surface area (Å²) in [5, 5.41) is 2.56. The van der Waals surface area contributed by atoms with Crippen molar-refractivity contribution < 1.29 is 27.8 Å². The third kappa shape index (κ3) is 5.69. The number of ether oxygens (including phenoxy) is 2. The van der Waals surface area contributed by atoms with E-state index in [1.54, 1.807) is 17.2 Å². The van der Waals surface area contributed by atoms with Gasteiger partial charge in [0.1, 0.15) is 28.7 Å². The number of nitrogens with zero attached hydrogens (tertiary/aromatic N) is 5. The first-order valence-electron chi connectivity index (χ1n) is 12.9. The molecule has 1 saturated heterocycles. The SMILES string of the molecule is COc1cc2c(N)nccc2cc1C[C@H](C(=O)OCC1CC1)N1CC[C@H](N(c2cnc(N(C)C)s2)S(=O)O)C1=O. The predicted molar refractivity (Wildman–Crippen MR) is 154 cm³/mol. The standard InChI is InChI=1S/C26H32N6O6S2/c1-30(2)26-29-13-22(39-26)32(40(35)36)19-7-9-31(24(19)33)20(25(34)38-14-15-4-5-15)11-17-10-16-6-8-28-23(27)18(16)12-21(17)37-3/h6,8,10,12-13,15,19-20H,4-5,7,9,11,14H2,1-3H3,(H2,27,28)(H,35,36)/t19-,20+/m0/s1. The van der Waals surface area contributed by atoms with Crippen LogP contribution in [0.5, 0.6) is 5.75 Å². The summed E-state index contributed by atoms with van der Waals surface area (Å²) >= 11 is -1.28. The van der Waals surface area contributed by atoms with E-state index >= 15 is 0 Å². The number of anilines is 3. The minimum absolute atomic E-state index is 0.136. The van der Waals surface area contributed by atoms with Gasteiger partial charge in [0, 0.05) is 38.6 Å². The van der Waals surface area contributed by atoms with Crippen molar-refractivity contribution in [3.05, 3.63) is 36.2 Å². The summed E-state index contributed by atoms with van der Waals surface area (Å²) in [6.45, 7) is 0.519. The highest BCUT2D eigenvalue weighted by Gasteiger charge is 2.45. The van der Waals surface area contributed by atoms with Crippen molar-refractivity contribution in [2.24, 2.45) is 5.92 Å². The maximum absolute atomic E-state index is 13.8. The van der Waals surface area contributed by atoms with Gasteiger partial charge in [-0.3, -0.25) is 9.35 Å². The largest absolute Gasteiger partial charge is 0.496 e. The highest BCUT2D eigenvalue weighted by atomic mass is 32.2. The van der Waals surface area contributed by atoms with Crippen molar-refractivity contribution in [1.29, 1.82) is 0 Å². The van der Waals surface area contributed by atoms with E-state index in [1.807, 2.05) is 26.2 Å². The highest BCUT2D eigenvalue weighted by molar-refractivity contribution is 7.81. The number of likely N-dealkylation sites (tertiary alicyclic amines) is 1. The van der Waals surface area contributed by atoms with Crippen LogP contribution in [0.15, 0.2) is 30.6 Å². The van der Waals surface area contributed by atoms with Gasteiger partial charge in [0.2, 0.25) is 5.91 Å². The van der Waals surface area contributed by atoms with Crippen LogP contribution in [0.1, 0.15) is 24.8 Å². The Morgan fingerprint density at radius 1 is 1.30 bits per heavy atom. The quantitative estimate of drug-likeness (QED) is 0.252. The summed E-state index contributed by atoms with van der Waals surface area (Å²) in [7, 11) is 5.16. The van der Waals surface area contributed by atoms with Gasteiger partial charge in [-0.15, -0.1) is 0 Å². The molecule has 0 radical (unpaired) electrons. The third-order valence-corrected chi connectivity index (χ3v) is 9.23. The molecule has 1 aliphatic heterocycles. The van der Waals surface area contributed by atoms with Gasteiger partial charge in [-0.1, -0.05) is 11.3 Å². The third-order valence-electron chi connectivity index (χ3n) is 7.16. The number of thiazole rings is 1. The average Bonchev–Trinajstić information content (AvgIpc) is 3.51. The fourth-order valence-corrected chi connectivity index (χ4v) is 6.56. The number of hydrogen-bond donors (Lipinski definition) is 2.